The number of halogens is 4. The number of hydrogen-bond acceptors (Lipinski definition) is 2. The van der Waals surface area contributed by atoms with E-state index in [-0.39, 0.29) is 5.75 Å². The minimum atomic E-state index is -4.70. The van der Waals surface area contributed by atoms with Gasteiger partial charge in [-0.3, -0.25) is 0 Å². The second kappa shape index (κ2) is 7.62. The van der Waals surface area contributed by atoms with Crippen molar-refractivity contribution in [1.29, 1.82) is 0 Å². The van der Waals surface area contributed by atoms with E-state index in [2.05, 4.69) is 0 Å². The lowest BCUT2D eigenvalue weighted by atomic mass is 10.0. The predicted octanol–water partition coefficient (Wildman–Crippen LogP) is 5.34. The summed E-state index contributed by atoms with van der Waals surface area (Å²) in [6.45, 7) is 4.96. The molecule has 0 unspecified atom stereocenters. The van der Waals surface area contributed by atoms with Crippen molar-refractivity contribution in [2.45, 2.75) is 50.3 Å². The van der Waals surface area contributed by atoms with E-state index >= 15 is 0 Å². The molecule has 0 aliphatic heterocycles. The molecule has 2 rings (SSSR count). The van der Waals surface area contributed by atoms with Gasteiger partial charge in [-0.05, 0) is 62.4 Å². The first-order valence-electron chi connectivity index (χ1n) is 8.45. The van der Waals surface area contributed by atoms with E-state index in [0.29, 0.717) is 24.0 Å². The van der Waals surface area contributed by atoms with Gasteiger partial charge in [0.1, 0.15) is 5.82 Å². The smallest absolute Gasteiger partial charge is 0.228 e. The van der Waals surface area contributed by atoms with Crippen molar-refractivity contribution in [3.8, 4) is 0 Å². The molecule has 0 saturated heterocycles. The van der Waals surface area contributed by atoms with Crippen molar-refractivity contribution in [3.63, 3.8) is 0 Å². The molecule has 148 valence electrons. The third-order valence-corrected chi connectivity index (χ3v) is 6.93. The standard InChI is InChI=1S/C20H22F4O2S/c1-19(2,3)27(25,26)13-16-8-5-14(6-9-16)4-7-15-10-11-17(18(21)12-15)20(22,23)24/h5-6,8-12H,4,7,13H2,1-3H3. The summed E-state index contributed by atoms with van der Waals surface area (Å²) < 4.78 is 75.0. The Kier molecular flexibility index (Phi) is 6.04. The van der Waals surface area contributed by atoms with E-state index in [4.69, 9.17) is 0 Å². The van der Waals surface area contributed by atoms with Crippen molar-refractivity contribution < 1.29 is 26.0 Å². The second-order valence-corrected chi connectivity index (χ2v) is 10.2. The fraction of sp³-hybridized carbons (Fsp3) is 0.400. The van der Waals surface area contributed by atoms with Crippen LogP contribution < -0.4 is 0 Å². The predicted molar refractivity (Wildman–Crippen MR) is 97.6 cm³/mol. The van der Waals surface area contributed by atoms with Crippen LogP contribution in [0.3, 0.4) is 0 Å². The maximum atomic E-state index is 13.6. The third-order valence-electron chi connectivity index (χ3n) is 4.35. The molecule has 0 heterocycles. The summed E-state index contributed by atoms with van der Waals surface area (Å²) in [7, 11) is -3.27. The maximum absolute atomic E-state index is 13.6. The van der Waals surface area contributed by atoms with E-state index in [1.54, 1.807) is 45.0 Å². The summed E-state index contributed by atoms with van der Waals surface area (Å²) >= 11 is 0. The van der Waals surface area contributed by atoms with E-state index in [9.17, 15) is 26.0 Å². The van der Waals surface area contributed by atoms with Gasteiger partial charge in [-0.2, -0.15) is 13.2 Å². The summed E-state index contributed by atoms with van der Waals surface area (Å²) in [6.07, 6.45) is -3.81. The molecule has 0 aliphatic carbocycles. The molecule has 0 amide bonds. The molecule has 0 N–H and O–H groups in total. The Labute approximate surface area is 157 Å². The highest BCUT2D eigenvalue weighted by molar-refractivity contribution is 7.91. The molecule has 0 aromatic heterocycles. The average molecular weight is 402 g/mol. The number of aryl methyl sites for hydroxylation is 2. The molecule has 0 bridgehead atoms. The number of alkyl halides is 3. The maximum Gasteiger partial charge on any atom is 0.419 e. The molecule has 27 heavy (non-hydrogen) atoms. The van der Waals surface area contributed by atoms with E-state index < -0.39 is 32.1 Å². The summed E-state index contributed by atoms with van der Waals surface area (Å²) in [5.74, 6) is -1.33. The minimum absolute atomic E-state index is 0.0547. The average Bonchev–Trinajstić information content (AvgIpc) is 2.51. The Balaban J connectivity index is 2.03. The minimum Gasteiger partial charge on any atom is -0.228 e. The van der Waals surface area contributed by atoms with Gasteiger partial charge in [-0.15, -0.1) is 0 Å². The van der Waals surface area contributed by atoms with Crippen LogP contribution in [0.15, 0.2) is 42.5 Å². The van der Waals surface area contributed by atoms with Gasteiger partial charge >= 0.3 is 6.18 Å². The van der Waals surface area contributed by atoms with Crippen LogP contribution in [0.2, 0.25) is 0 Å². The van der Waals surface area contributed by atoms with Gasteiger partial charge in [0.2, 0.25) is 0 Å². The van der Waals surface area contributed by atoms with E-state index in [1.807, 2.05) is 0 Å². The summed E-state index contributed by atoms with van der Waals surface area (Å²) in [4.78, 5) is 0. The van der Waals surface area contributed by atoms with Gasteiger partial charge in [0, 0.05) is 0 Å². The van der Waals surface area contributed by atoms with Gasteiger partial charge in [0.05, 0.1) is 16.1 Å². The van der Waals surface area contributed by atoms with Gasteiger partial charge in [0.25, 0.3) is 0 Å². The van der Waals surface area contributed by atoms with Crippen LogP contribution >= 0.6 is 0 Å². The number of rotatable bonds is 5. The highest BCUT2D eigenvalue weighted by Gasteiger charge is 2.33. The first-order valence-corrected chi connectivity index (χ1v) is 10.1. The normalized spacial score (nSPS) is 13.0. The molecule has 7 heteroatoms. The quantitative estimate of drug-likeness (QED) is 0.633. The summed E-state index contributed by atoms with van der Waals surface area (Å²) in [6, 6.07) is 9.97. The Morgan fingerprint density at radius 1 is 0.815 bits per heavy atom. The highest BCUT2D eigenvalue weighted by atomic mass is 32.2. The molecule has 2 aromatic rings. The topological polar surface area (TPSA) is 34.1 Å². The van der Waals surface area contributed by atoms with Crippen LogP contribution in [0, 0.1) is 5.82 Å². The molecule has 0 fully saturated rings. The number of hydrogen-bond donors (Lipinski definition) is 0. The first kappa shape index (κ1) is 21.4. The zero-order valence-corrected chi connectivity index (χ0v) is 16.2. The molecule has 0 radical (unpaired) electrons. The Hall–Kier alpha value is -1.89. The van der Waals surface area contributed by atoms with Crippen molar-refractivity contribution in [2.75, 3.05) is 0 Å². The Morgan fingerprint density at radius 3 is 1.78 bits per heavy atom. The van der Waals surface area contributed by atoms with Crippen LogP contribution in [0.25, 0.3) is 0 Å². The zero-order valence-electron chi connectivity index (χ0n) is 15.4. The largest absolute Gasteiger partial charge is 0.419 e. The SMILES string of the molecule is CC(C)(C)S(=O)(=O)Cc1ccc(CCc2ccc(C(F)(F)F)c(F)c2)cc1. The summed E-state index contributed by atoms with van der Waals surface area (Å²) in [5, 5.41) is 0. The zero-order chi connectivity index (χ0) is 20.5. The third kappa shape index (κ3) is 5.54. The van der Waals surface area contributed by atoms with Gasteiger partial charge < -0.3 is 0 Å². The molecule has 0 aliphatic rings. The lowest BCUT2D eigenvalue weighted by Gasteiger charge is -2.19. The number of benzene rings is 2. The van der Waals surface area contributed by atoms with Crippen molar-refractivity contribution in [3.05, 3.63) is 70.5 Å². The van der Waals surface area contributed by atoms with Crippen molar-refractivity contribution >= 4 is 9.84 Å². The van der Waals surface area contributed by atoms with Gasteiger partial charge in [0.15, 0.2) is 9.84 Å². The molecule has 2 nitrogen and oxygen atoms in total. The Bertz CT molecular complexity index is 893. The monoisotopic (exact) mass is 402 g/mol. The van der Waals surface area contributed by atoms with Crippen LogP contribution in [0.4, 0.5) is 17.6 Å². The molecule has 0 saturated carbocycles. The van der Waals surface area contributed by atoms with Gasteiger partial charge in [-0.1, -0.05) is 30.3 Å². The molecular weight excluding hydrogens is 380 g/mol. The molecular formula is C20H22F4O2S. The molecule has 0 atom stereocenters. The summed E-state index contributed by atoms with van der Waals surface area (Å²) in [5.41, 5.74) is 0.775. The second-order valence-electron chi connectivity index (χ2n) is 7.50. The van der Waals surface area contributed by atoms with Crippen LogP contribution in [-0.2, 0) is 34.6 Å². The lowest BCUT2D eigenvalue weighted by molar-refractivity contribution is -0.140. The number of sulfone groups is 1. The van der Waals surface area contributed by atoms with Crippen molar-refractivity contribution in [2.24, 2.45) is 0 Å². The van der Waals surface area contributed by atoms with E-state index in [0.717, 1.165) is 17.7 Å². The van der Waals surface area contributed by atoms with Crippen LogP contribution in [-0.4, -0.2) is 13.2 Å². The fourth-order valence-electron chi connectivity index (χ4n) is 2.47. The van der Waals surface area contributed by atoms with Crippen molar-refractivity contribution in [1.82, 2.24) is 0 Å². The van der Waals surface area contributed by atoms with Crippen LogP contribution in [0.1, 0.15) is 43.0 Å². The Morgan fingerprint density at radius 2 is 1.30 bits per heavy atom. The lowest BCUT2D eigenvalue weighted by Crippen LogP contribution is -2.29. The van der Waals surface area contributed by atoms with E-state index in [1.165, 1.54) is 6.07 Å². The van der Waals surface area contributed by atoms with Gasteiger partial charge in [-0.25, -0.2) is 12.8 Å². The fourth-order valence-corrected chi connectivity index (χ4v) is 3.54. The first-order chi connectivity index (χ1) is 12.3. The molecule has 0 spiro atoms. The molecule has 2 aromatic carbocycles. The highest BCUT2D eigenvalue weighted by Crippen LogP contribution is 2.31. The van der Waals surface area contributed by atoms with Crippen LogP contribution in [0.5, 0.6) is 0 Å².